The van der Waals surface area contributed by atoms with Gasteiger partial charge in [0.25, 0.3) is 5.91 Å². The highest BCUT2D eigenvalue weighted by atomic mass is 32.2. The Kier molecular flexibility index (Phi) is 5.40. The second-order valence-corrected chi connectivity index (χ2v) is 7.00. The highest BCUT2D eigenvalue weighted by Gasteiger charge is 2.29. The van der Waals surface area contributed by atoms with Crippen molar-refractivity contribution in [2.24, 2.45) is 0 Å². The first-order chi connectivity index (χ1) is 12.5. The molecule has 2 N–H and O–H groups in total. The van der Waals surface area contributed by atoms with Crippen molar-refractivity contribution in [3.05, 3.63) is 41.6 Å². The zero-order valence-electron chi connectivity index (χ0n) is 14.2. The molecule has 0 aliphatic carbocycles. The van der Waals surface area contributed by atoms with Crippen LogP contribution in [0.4, 0.5) is 0 Å². The van der Waals surface area contributed by atoms with E-state index in [1.807, 2.05) is 0 Å². The van der Waals surface area contributed by atoms with Crippen molar-refractivity contribution in [1.29, 1.82) is 5.26 Å². The summed E-state index contributed by atoms with van der Waals surface area (Å²) in [6.07, 6.45) is 0.872. The number of hydrogen-bond acceptors (Lipinski definition) is 6. The summed E-state index contributed by atoms with van der Waals surface area (Å²) < 4.78 is 0. The van der Waals surface area contributed by atoms with Gasteiger partial charge in [-0.2, -0.15) is 5.26 Å². The molecule has 134 valence electrons. The van der Waals surface area contributed by atoms with Crippen molar-refractivity contribution in [3.8, 4) is 6.07 Å². The van der Waals surface area contributed by atoms with E-state index in [0.29, 0.717) is 33.7 Å². The van der Waals surface area contributed by atoms with Gasteiger partial charge in [-0.1, -0.05) is 6.07 Å². The molecule has 1 saturated heterocycles. The number of nitrogens with zero attached hydrogens (tertiary/aromatic N) is 3. The summed E-state index contributed by atoms with van der Waals surface area (Å²) in [5.41, 5.74) is 1.70. The van der Waals surface area contributed by atoms with Crippen molar-refractivity contribution >= 4 is 34.5 Å². The lowest BCUT2D eigenvalue weighted by atomic mass is 10.0. The Hall–Kier alpha value is -2.63. The predicted octanol–water partition coefficient (Wildman–Crippen LogP) is 1.44. The molecule has 2 heterocycles. The Morgan fingerprint density at radius 3 is 3.04 bits per heavy atom. The maximum Gasteiger partial charge on any atom is 0.252 e. The smallest absolute Gasteiger partial charge is 0.252 e. The number of carbonyl (C=O) groups is 2. The zero-order chi connectivity index (χ0) is 18.7. The minimum absolute atomic E-state index is 0.169. The summed E-state index contributed by atoms with van der Waals surface area (Å²) in [5.74, 6) is 0.377. The fourth-order valence-corrected chi connectivity index (χ4v) is 3.87. The molecule has 1 aromatic heterocycles. The van der Waals surface area contributed by atoms with Crippen LogP contribution in [0.1, 0.15) is 28.9 Å². The van der Waals surface area contributed by atoms with Crippen LogP contribution in [0.15, 0.2) is 30.5 Å². The first-order valence-corrected chi connectivity index (χ1v) is 9.28. The Balaban J connectivity index is 1.76. The number of nitriles is 1. The molecule has 2 amide bonds. The fourth-order valence-electron chi connectivity index (χ4n) is 2.77. The predicted molar refractivity (Wildman–Crippen MR) is 98.3 cm³/mol. The fraction of sp³-hybridized carbons (Fsp3) is 0.333. The van der Waals surface area contributed by atoms with Gasteiger partial charge >= 0.3 is 0 Å². The SMILES string of the molecule is CC(O)c1ccc2nccc(C(=O)NCC(=O)N3CSC[C@H]3C#N)c2c1. The lowest BCUT2D eigenvalue weighted by molar-refractivity contribution is -0.129. The van der Waals surface area contributed by atoms with Crippen LogP contribution in [0.3, 0.4) is 0 Å². The molecule has 1 fully saturated rings. The van der Waals surface area contributed by atoms with Crippen LogP contribution in [0.25, 0.3) is 10.9 Å². The third-order valence-corrected chi connectivity index (χ3v) is 5.26. The maximum absolute atomic E-state index is 12.6. The quantitative estimate of drug-likeness (QED) is 0.844. The number of fused-ring (bicyclic) bond motifs is 1. The molecule has 1 aliphatic heterocycles. The summed E-state index contributed by atoms with van der Waals surface area (Å²) in [6.45, 7) is 1.48. The first-order valence-electron chi connectivity index (χ1n) is 8.13. The number of aliphatic hydroxyl groups excluding tert-OH is 1. The van der Waals surface area contributed by atoms with Gasteiger partial charge in [0.2, 0.25) is 5.91 Å². The summed E-state index contributed by atoms with van der Waals surface area (Å²) in [6, 6.07) is 8.47. The number of carbonyl (C=O) groups excluding carboxylic acids is 2. The topological polar surface area (TPSA) is 106 Å². The Morgan fingerprint density at radius 1 is 1.50 bits per heavy atom. The summed E-state index contributed by atoms with van der Waals surface area (Å²) >= 11 is 1.52. The number of pyridine rings is 1. The Morgan fingerprint density at radius 2 is 2.31 bits per heavy atom. The van der Waals surface area contributed by atoms with Gasteiger partial charge in [0.1, 0.15) is 6.04 Å². The van der Waals surface area contributed by atoms with Gasteiger partial charge in [0, 0.05) is 17.3 Å². The van der Waals surface area contributed by atoms with Crippen molar-refractivity contribution in [1.82, 2.24) is 15.2 Å². The van der Waals surface area contributed by atoms with Crippen molar-refractivity contribution in [2.45, 2.75) is 19.1 Å². The van der Waals surface area contributed by atoms with E-state index in [4.69, 9.17) is 5.26 Å². The molecular weight excluding hydrogens is 352 g/mol. The molecule has 8 heteroatoms. The molecule has 26 heavy (non-hydrogen) atoms. The number of rotatable bonds is 4. The van der Waals surface area contributed by atoms with Crippen LogP contribution in [0, 0.1) is 11.3 Å². The standard InChI is InChI=1S/C18H18N4O3S/c1-11(23)12-2-3-16-15(6-12)14(4-5-20-16)18(25)21-8-17(24)22-10-26-9-13(22)7-19/h2-6,11,13,23H,8-10H2,1H3,(H,21,25)/t11?,13-/m1/s1. The van der Waals surface area contributed by atoms with Gasteiger partial charge in [-0.15, -0.1) is 11.8 Å². The molecule has 1 unspecified atom stereocenters. The number of aromatic nitrogens is 1. The summed E-state index contributed by atoms with van der Waals surface area (Å²) in [4.78, 5) is 30.5. The lowest BCUT2D eigenvalue weighted by Gasteiger charge is -2.18. The van der Waals surface area contributed by atoms with E-state index in [2.05, 4.69) is 16.4 Å². The number of benzene rings is 1. The highest BCUT2D eigenvalue weighted by Crippen LogP contribution is 2.22. The van der Waals surface area contributed by atoms with Crippen LogP contribution in [-0.4, -0.2) is 51.0 Å². The van der Waals surface area contributed by atoms with E-state index in [9.17, 15) is 14.7 Å². The molecule has 1 aliphatic rings. The van der Waals surface area contributed by atoms with E-state index in [1.165, 1.54) is 22.9 Å². The Bertz CT molecular complexity index is 894. The van der Waals surface area contributed by atoms with Crippen LogP contribution in [0.5, 0.6) is 0 Å². The largest absolute Gasteiger partial charge is 0.389 e. The zero-order valence-corrected chi connectivity index (χ0v) is 15.0. The number of nitrogens with one attached hydrogen (secondary N) is 1. The van der Waals surface area contributed by atoms with E-state index in [-0.39, 0.29) is 12.5 Å². The molecule has 7 nitrogen and oxygen atoms in total. The minimum atomic E-state index is -0.660. The third-order valence-electron chi connectivity index (χ3n) is 4.24. The van der Waals surface area contributed by atoms with E-state index in [0.717, 1.165) is 0 Å². The molecule has 0 saturated carbocycles. The van der Waals surface area contributed by atoms with Gasteiger partial charge in [-0.25, -0.2) is 0 Å². The first kappa shape index (κ1) is 18.2. The van der Waals surface area contributed by atoms with Crippen LogP contribution in [-0.2, 0) is 4.79 Å². The van der Waals surface area contributed by atoms with Crippen LogP contribution in [0.2, 0.25) is 0 Å². The molecule has 3 rings (SSSR count). The second kappa shape index (κ2) is 7.72. The number of aliphatic hydroxyl groups is 1. The molecule has 0 radical (unpaired) electrons. The van der Waals surface area contributed by atoms with Gasteiger partial charge < -0.3 is 15.3 Å². The van der Waals surface area contributed by atoms with E-state index in [1.54, 1.807) is 31.2 Å². The van der Waals surface area contributed by atoms with Crippen molar-refractivity contribution in [3.63, 3.8) is 0 Å². The summed E-state index contributed by atoms with van der Waals surface area (Å²) in [7, 11) is 0. The van der Waals surface area contributed by atoms with Gasteiger partial charge in [0.05, 0.1) is 35.7 Å². The average Bonchev–Trinajstić information content (AvgIpc) is 3.13. The number of hydrogen-bond donors (Lipinski definition) is 2. The minimum Gasteiger partial charge on any atom is -0.389 e. The molecule has 2 aromatic rings. The average molecular weight is 370 g/mol. The molecule has 1 aromatic carbocycles. The molecule has 0 spiro atoms. The van der Waals surface area contributed by atoms with Gasteiger partial charge in [0.15, 0.2) is 0 Å². The van der Waals surface area contributed by atoms with E-state index < -0.39 is 18.1 Å². The second-order valence-electron chi connectivity index (χ2n) is 6.00. The van der Waals surface area contributed by atoms with Gasteiger partial charge in [-0.05, 0) is 30.7 Å². The molecular formula is C18H18N4O3S. The highest BCUT2D eigenvalue weighted by molar-refractivity contribution is 7.99. The molecule has 2 atom stereocenters. The Labute approximate surface area is 155 Å². The van der Waals surface area contributed by atoms with Crippen molar-refractivity contribution in [2.75, 3.05) is 18.2 Å². The van der Waals surface area contributed by atoms with Crippen LogP contribution >= 0.6 is 11.8 Å². The normalized spacial score (nSPS) is 17.7. The van der Waals surface area contributed by atoms with Crippen molar-refractivity contribution < 1.29 is 14.7 Å². The lowest BCUT2D eigenvalue weighted by Crippen LogP contribution is -2.42. The maximum atomic E-state index is 12.6. The molecule has 0 bridgehead atoms. The third kappa shape index (κ3) is 3.64. The van der Waals surface area contributed by atoms with E-state index >= 15 is 0 Å². The van der Waals surface area contributed by atoms with Crippen LogP contribution < -0.4 is 5.32 Å². The number of thioether (sulfide) groups is 1. The monoisotopic (exact) mass is 370 g/mol. The number of amides is 2. The summed E-state index contributed by atoms with van der Waals surface area (Å²) in [5, 5.41) is 22.1. The van der Waals surface area contributed by atoms with Gasteiger partial charge in [-0.3, -0.25) is 14.6 Å².